The summed E-state index contributed by atoms with van der Waals surface area (Å²) >= 11 is 0. The molecule has 1 rings (SSSR count). The maximum atomic E-state index is 5.43. The van der Waals surface area contributed by atoms with Crippen molar-refractivity contribution in [2.45, 2.75) is 44.8 Å². The van der Waals surface area contributed by atoms with Crippen molar-refractivity contribution < 1.29 is 14.2 Å². The lowest BCUT2D eigenvalue weighted by molar-refractivity contribution is -0.0351. The van der Waals surface area contributed by atoms with Crippen molar-refractivity contribution in [3.05, 3.63) is 0 Å². The highest BCUT2D eigenvalue weighted by molar-refractivity contribution is 4.84. The molecule has 0 aliphatic carbocycles. The summed E-state index contributed by atoms with van der Waals surface area (Å²) in [5.74, 6) is 0. The minimum absolute atomic E-state index is 0.340. The summed E-state index contributed by atoms with van der Waals surface area (Å²) in [4.78, 5) is 0. The normalized spacial score (nSPS) is 26.3. The minimum Gasteiger partial charge on any atom is -0.367 e. The molecule has 0 amide bonds. The SMILES string of the molecule is CCCCCC1OC1COCOC. The molecule has 0 N–H and O–H groups in total. The third kappa shape index (κ3) is 4.60. The third-order valence-corrected chi connectivity index (χ3v) is 2.26. The quantitative estimate of drug-likeness (QED) is 0.331. The monoisotopic (exact) mass is 188 g/mol. The van der Waals surface area contributed by atoms with Gasteiger partial charge in [-0.1, -0.05) is 26.2 Å². The number of hydrogen-bond donors (Lipinski definition) is 0. The van der Waals surface area contributed by atoms with Crippen LogP contribution in [0.25, 0.3) is 0 Å². The van der Waals surface area contributed by atoms with E-state index in [9.17, 15) is 0 Å². The highest BCUT2D eigenvalue weighted by Gasteiger charge is 2.37. The van der Waals surface area contributed by atoms with Gasteiger partial charge in [0.05, 0.1) is 12.7 Å². The summed E-state index contributed by atoms with van der Waals surface area (Å²) in [6.45, 7) is 3.28. The van der Waals surface area contributed by atoms with Crippen molar-refractivity contribution in [2.24, 2.45) is 0 Å². The van der Waals surface area contributed by atoms with Gasteiger partial charge in [-0.2, -0.15) is 0 Å². The van der Waals surface area contributed by atoms with E-state index in [-0.39, 0.29) is 0 Å². The summed E-state index contributed by atoms with van der Waals surface area (Å²) in [6.07, 6.45) is 5.86. The van der Waals surface area contributed by atoms with Crippen molar-refractivity contribution >= 4 is 0 Å². The maximum Gasteiger partial charge on any atom is 0.146 e. The second kappa shape index (κ2) is 6.35. The van der Waals surface area contributed by atoms with Crippen LogP contribution >= 0.6 is 0 Å². The molecule has 1 fully saturated rings. The second-order valence-electron chi connectivity index (χ2n) is 3.49. The van der Waals surface area contributed by atoms with Gasteiger partial charge in [0.15, 0.2) is 0 Å². The largest absolute Gasteiger partial charge is 0.367 e. The number of ether oxygens (including phenoxy) is 3. The molecule has 0 bridgehead atoms. The molecule has 1 aliphatic heterocycles. The molecule has 2 atom stereocenters. The molecule has 3 nitrogen and oxygen atoms in total. The molecule has 0 aromatic carbocycles. The van der Waals surface area contributed by atoms with Gasteiger partial charge in [-0.15, -0.1) is 0 Å². The predicted molar refractivity (Wildman–Crippen MR) is 50.6 cm³/mol. The third-order valence-electron chi connectivity index (χ3n) is 2.26. The number of rotatable bonds is 8. The minimum atomic E-state index is 0.340. The van der Waals surface area contributed by atoms with E-state index in [2.05, 4.69) is 6.92 Å². The van der Waals surface area contributed by atoms with Crippen LogP contribution in [-0.4, -0.2) is 32.7 Å². The highest BCUT2D eigenvalue weighted by Crippen LogP contribution is 2.27. The molecule has 2 unspecified atom stereocenters. The van der Waals surface area contributed by atoms with Crippen LogP contribution in [0.15, 0.2) is 0 Å². The van der Waals surface area contributed by atoms with Crippen molar-refractivity contribution in [3.8, 4) is 0 Å². The molecule has 0 spiro atoms. The summed E-state index contributed by atoms with van der Waals surface area (Å²) in [7, 11) is 1.63. The molecule has 0 radical (unpaired) electrons. The molecule has 78 valence electrons. The highest BCUT2D eigenvalue weighted by atomic mass is 16.7. The Morgan fingerprint density at radius 1 is 1.23 bits per heavy atom. The first kappa shape index (κ1) is 11.0. The molecule has 1 aliphatic rings. The maximum absolute atomic E-state index is 5.43. The van der Waals surface area contributed by atoms with Crippen LogP contribution in [-0.2, 0) is 14.2 Å². The van der Waals surface area contributed by atoms with E-state index < -0.39 is 0 Å². The van der Waals surface area contributed by atoms with Crippen LogP contribution in [0.2, 0.25) is 0 Å². The lowest BCUT2D eigenvalue weighted by Gasteiger charge is -1.98. The Bertz CT molecular complexity index is 113. The van der Waals surface area contributed by atoms with Crippen LogP contribution in [0.5, 0.6) is 0 Å². The molecule has 0 aromatic rings. The average molecular weight is 188 g/mol. The molecular weight excluding hydrogens is 168 g/mol. The lowest BCUT2D eigenvalue weighted by atomic mass is 10.1. The van der Waals surface area contributed by atoms with Gasteiger partial charge in [0, 0.05) is 7.11 Å². The molecular formula is C10H20O3. The number of epoxide rings is 1. The first-order chi connectivity index (χ1) is 6.38. The van der Waals surface area contributed by atoms with Gasteiger partial charge in [0.2, 0.25) is 0 Å². The molecule has 3 heteroatoms. The Hall–Kier alpha value is -0.120. The van der Waals surface area contributed by atoms with Gasteiger partial charge < -0.3 is 14.2 Å². The zero-order chi connectivity index (χ0) is 9.52. The van der Waals surface area contributed by atoms with Gasteiger partial charge >= 0.3 is 0 Å². The zero-order valence-electron chi connectivity index (χ0n) is 8.62. The molecule has 1 heterocycles. The number of methoxy groups -OCH3 is 1. The number of hydrogen-bond acceptors (Lipinski definition) is 3. The van der Waals surface area contributed by atoms with E-state index in [1.54, 1.807) is 7.11 Å². The van der Waals surface area contributed by atoms with Gasteiger partial charge in [-0.05, 0) is 6.42 Å². The molecule has 0 aromatic heterocycles. The predicted octanol–water partition coefficient (Wildman–Crippen LogP) is 1.95. The van der Waals surface area contributed by atoms with Crippen molar-refractivity contribution in [1.29, 1.82) is 0 Å². The van der Waals surface area contributed by atoms with Gasteiger partial charge in [-0.25, -0.2) is 0 Å². The summed E-state index contributed by atoms with van der Waals surface area (Å²) < 4.78 is 15.4. The van der Waals surface area contributed by atoms with E-state index in [1.165, 1.54) is 25.7 Å². The lowest BCUT2D eigenvalue weighted by Crippen LogP contribution is -2.06. The second-order valence-corrected chi connectivity index (χ2v) is 3.49. The summed E-state index contributed by atoms with van der Waals surface area (Å²) in [5, 5.41) is 0. The summed E-state index contributed by atoms with van der Waals surface area (Å²) in [5.41, 5.74) is 0. The fraction of sp³-hybridized carbons (Fsp3) is 1.00. The molecule has 1 saturated heterocycles. The van der Waals surface area contributed by atoms with Crippen LogP contribution in [0.4, 0.5) is 0 Å². The van der Waals surface area contributed by atoms with Crippen LogP contribution in [0.3, 0.4) is 0 Å². The standard InChI is InChI=1S/C10H20O3/c1-3-4-5-6-9-10(13-9)7-12-8-11-2/h9-10H,3-8H2,1-2H3. The Kier molecular flexibility index (Phi) is 5.35. The van der Waals surface area contributed by atoms with E-state index in [4.69, 9.17) is 14.2 Å². The first-order valence-corrected chi connectivity index (χ1v) is 5.10. The Labute approximate surface area is 80.4 Å². The van der Waals surface area contributed by atoms with Crippen LogP contribution in [0.1, 0.15) is 32.6 Å². The van der Waals surface area contributed by atoms with E-state index >= 15 is 0 Å². The van der Waals surface area contributed by atoms with E-state index in [1.807, 2.05) is 0 Å². The first-order valence-electron chi connectivity index (χ1n) is 5.10. The van der Waals surface area contributed by atoms with E-state index in [0.717, 1.165) is 0 Å². The van der Waals surface area contributed by atoms with Gasteiger partial charge in [0.1, 0.15) is 12.9 Å². The Morgan fingerprint density at radius 2 is 2.08 bits per heavy atom. The average Bonchev–Trinajstić information content (AvgIpc) is 2.85. The fourth-order valence-electron chi connectivity index (χ4n) is 1.42. The zero-order valence-corrected chi connectivity index (χ0v) is 8.62. The van der Waals surface area contributed by atoms with E-state index in [0.29, 0.717) is 25.6 Å². The Balaban J connectivity index is 1.85. The topological polar surface area (TPSA) is 31.0 Å². The smallest absolute Gasteiger partial charge is 0.146 e. The molecule has 13 heavy (non-hydrogen) atoms. The van der Waals surface area contributed by atoms with Crippen molar-refractivity contribution in [3.63, 3.8) is 0 Å². The van der Waals surface area contributed by atoms with Crippen molar-refractivity contribution in [2.75, 3.05) is 20.5 Å². The van der Waals surface area contributed by atoms with Gasteiger partial charge in [0.25, 0.3) is 0 Å². The Morgan fingerprint density at radius 3 is 2.77 bits per heavy atom. The fourth-order valence-corrected chi connectivity index (χ4v) is 1.42. The number of unbranched alkanes of at least 4 members (excludes halogenated alkanes) is 2. The van der Waals surface area contributed by atoms with Crippen LogP contribution < -0.4 is 0 Å². The van der Waals surface area contributed by atoms with Gasteiger partial charge in [-0.3, -0.25) is 0 Å². The van der Waals surface area contributed by atoms with Crippen molar-refractivity contribution in [1.82, 2.24) is 0 Å². The van der Waals surface area contributed by atoms with Crippen LogP contribution in [0, 0.1) is 0 Å². The summed E-state index contributed by atoms with van der Waals surface area (Å²) in [6, 6.07) is 0. The molecule has 0 saturated carbocycles.